The summed E-state index contributed by atoms with van der Waals surface area (Å²) in [5.74, 6) is 0. The van der Waals surface area contributed by atoms with Gasteiger partial charge in [0.25, 0.3) is 0 Å². The Hall–Kier alpha value is 0.0900. The Bertz CT molecular complexity index is 200. The normalized spacial score (nSPS) is 11.0. The molecule has 0 fully saturated rings. The number of hydrogen-bond donors (Lipinski definition) is 0. The van der Waals surface area contributed by atoms with Crippen molar-refractivity contribution >= 4 is 17.6 Å². The van der Waals surface area contributed by atoms with Gasteiger partial charge < -0.3 is 0 Å². The zero-order valence-electron chi connectivity index (χ0n) is 15.3. The molecule has 0 aromatic carbocycles. The first-order valence-corrected chi connectivity index (χ1v) is 10.7. The van der Waals surface area contributed by atoms with E-state index in [-0.39, 0.29) is 0 Å². The van der Waals surface area contributed by atoms with Crippen molar-refractivity contribution in [1.82, 2.24) is 0 Å². The zero-order valence-corrected chi connectivity index (χ0v) is 16.2. The second-order valence-electron chi connectivity index (χ2n) is 6.90. The first-order valence-electron chi connectivity index (χ1n) is 10.3. The standard InChI is InChI=1S/C21H41S/c1-2-3-4-5-6-7-8-9-10-11-12-13-14-15-16-17-18-19-20-21-22/h2-20H2,1H3. The third kappa shape index (κ3) is 20.1. The number of thiocarbonyl (C=S) groups is 1. The third-order valence-electron chi connectivity index (χ3n) is 4.63. The molecule has 0 aliphatic heterocycles. The van der Waals surface area contributed by atoms with Gasteiger partial charge in [0, 0.05) is 5.37 Å². The fourth-order valence-corrected chi connectivity index (χ4v) is 3.24. The highest BCUT2D eigenvalue weighted by atomic mass is 32.1. The van der Waals surface area contributed by atoms with E-state index in [4.69, 9.17) is 12.2 Å². The lowest BCUT2D eigenvalue weighted by atomic mass is 10.0. The molecule has 1 heteroatoms. The summed E-state index contributed by atoms with van der Waals surface area (Å²) in [4.78, 5) is 0. The lowest BCUT2D eigenvalue weighted by molar-refractivity contribution is 0.526. The first kappa shape index (κ1) is 22.1. The molecule has 0 rings (SSSR count). The van der Waals surface area contributed by atoms with Crippen molar-refractivity contribution in [1.29, 1.82) is 0 Å². The molecule has 0 bridgehead atoms. The molecule has 0 spiro atoms. The summed E-state index contributed by atoms with van der Waals surface area (Å²) in [6.07, 6.45) is 26.9. The van der Waals surface area contributed by atoms with Crippen LogP contribution in [0.15, 0.2) is 0 Å². The molecular formula is C21H41S. The van der Waals surface area contributed by atoms with Gasteiger partial charge in [0.2, 0.25) is 0 Å². The van der Waals surface area contributed by atoms with Gasteiger partial charge in [-0.1, -0.05) is 128 Å². The molecule has 0 amide bonds. The number of unbranched alkanes of at least 4 members (excludes halogenated alkanes) is 18. The maximum absolute atomic E-state index is 4.72. The maximum atomic E-state index is 4.72. The van der Waals surface area contributed by atoms with E-state index in [1.54, 1.807) is 0 Å². The molecule has 0 nitrogen and oxygen atoms in total. The van der Waals surface area contributed by atoms with Gasteiger partial charge in [0.05, 0.1) is 0 Å². The highest BCUT2D eigenvalue weighted by molar-refractivity contribution is 7.78. The van der Waals surface area contributed by atoms with E-state index in [0.29, 0.717) is 0 Å². The Balaban J connectivity index is 2.92. The Kier molecular flexibility index (Phi) is 21.2. The van der Waals surface area contributed by atoms with Crippen LogP contribution in [0.5, 0.6) is 0 Å². The lowest BCUT2D eigenvalue weighted by Gasteiger charge is -2.03. The molecule has 0 aliphatic carbocycles. The van der Waals surface area contributed by atoms with Crippen molar-refractivity contribution in [2.45, 2.75) is 129 Å². The van der Waals surface area contributed by atoms with Gasteiger partial charge in [0.1, 0.15) is 0 Å². The van der Waals surface area contributed by atoms with Crippen molar-refractivity contribution in [2.75, 3.05) is 0 Å². The third-order valence-corrected chi connectivity index (χ3v) is 4.84. The monoisotopic (exact) mass is 325 g/mol. The first-order chi connectivity index (χ1) is 10.9. The molecule has 0 aliphatic rings. The van der Waals surface area contributed by atoms with Crippen molar-refractivity contribution in [3.8, 4) is 0 Å². The Morgan fingerprint density at radius 1 is 0.455 bits per heavy atom. The summed E-state index contributed by atoms with van der Waals surface area (Å²) in [7, 11) is 0. The fourth-order valence-electron chi connectivity index (χ4n) is 3.10. The van der Waals surface area contributed by atoms with Gasteiger partial charge in [-0.2, -0.15) is 0 Å². The SMILES string of the molecule is CCCCCCCCCCCCCCCCCCCC[C]=S. The molecule has 0 N–H and O–H groups in total. The van der Waals surface area contributed by atoms with Crippen LogP contribution >= 0.6 is 12.2 Å². The summed E-state index contributed by atoms with van der Waals surface area (Å²) < 4.78 is 0. The molecular weight excluding hydrogens is 284 g/mol. The fraction of sp³-hybridized carbons (Fsp3) is 0.952. The second-order valence-corrected chi connectivity index (χ2v) is 7.19. The molecule has 0 saturated heterocycles. The predicted molar refractivity (Wildman–Crippen MR) is 106 cm³/mol. The second kappa shape index (κ2) is 21.1. The van der Waals surface area contributed by atoms with E-state index in [1.807, 2.05) is 0 Å². The Labute approximate surface area is 146 Å². The quantitative estimate of drug-likeness (QED) is 0.170. The summed E-state index contributed by atoms with van der Waals surface area (Å²) in [6.45, 7) is 2.29. The van der Waals surface area contributed by atoms with E-state index in [2.05, 4.69) is 12.3 Å². The molecule has 0 saturated carbocycles. The molecule has 0 atom stereocenters. The van der Waals surface area contributed by atoms with Crippen molar-refractivity contribution in [3.63, 3.8) is 0 Å². The summed E-state index contributed by atoms with van der Waals surface area (Å²) >= 11 is 4.72. The molecule has 0 unspecified atom stereocenters. The number of rotatable bonds is 19. The molecule has 1 radical (unpaired) electrons. The van der Waals surface area contributed by atoms with Crippen molar-refractivity contribution in [2.24, 2.45) is 0 Å². The van der Waals surface area contributed by atoms with Crippen LogP contribution in [0.25, 0.3) is 0 Å². The minimum atomic E-state index is 1.01. The van der Waals surface area contributed by atoms with Crippen molar-refractivity contribution < 1.29 is 0 Å². The van der Waals surface area contributed by atoms with Gasteiger partial charge >= 0.3 is 0 Å². The minimum Gasteiger partial charge on any atom is -0.0837 e. The summed E-state index contributed by atoms with van der Waals surface area (Å²) in [6, 6.07) is 0. The number of hydrogen-bond acceptors (Lipinski definition) is 1. The van der Waals surface area contributed by atoms with Crippen LogP contribution in [0.4, 0.5) is 0 Å². The summed E-state index contributed by atoms with van der Waals surface area (Å²) in [5.41, 5.74) is 0. The maximum Gasteiger partial charge on any atom is 0.0291 e. The Morgan fingerprint density at radius 3 is 1.00 bits per heavy atom. The lowest BCUT2D eigenvalue weighted by Crippen LogP contribution is -1.84. The Morgan fingerprint density at radius 2 is 0.727 bits per heavy atom. The summed E-state index contributed by atoms with van der Waals surface area (Å²) in [5, 5.41) is 2.81. The van der Waals surface area contributed by atoms with Gasteiger partial charge in [-0.05, 0) is 12.8 Å². The predicted octanol–water partition coefficient (Wildman–Crippen LogP) is 8.29. The van der Waals surface area contributed by atoms with Crippen LogP contribution in [-0.4, -0.2) is 5.37 Å². The molecule has 0 aromatic heterocycles. The van der Waals surface area contributed by atoms with Gasteiger partial charge in [-0.3, -0.25) is 0 Å². The highest BCUT2D eigenvalue weighted by Gasteiger charge is 1.94. The average Bonchev–Trinajstić information content (AvgIpc) is 2.54. The van der Waals surface area contributed by atoms with Gasteiger partial charge in [-0.25, -0.2) is 0 Å². The molecule has 131 valence electrons. The average molecular weight is 326 g/mol. The van der Waals surface area contributed by atoms with Gasteiger partial charge in [0.15, 0.2) is 0 Å². The van der Waals surface area contributed by atoms with Crippen LogP contribution in [0.1, 0.15) is 129 Å². The minimum absolute atomic E-state index is 1.01. The van der Waals surface area contributed by atoms with E-state index in [1.165, 1.54) is 116 Å². The van der Waals surface area contributed by atoms with E-state index < -0.39 is 0 Å². The van der Waals surface area contributed by atoms with Gasteiger partial charge in [-0.15, -0.1) is 0 Å². The molecule has 22 heavy (non-hydrogen) atoms. The largest absolute Gasteiger partial charge is 0.0837 e. The smallest absolute Gasteiger partial charge is 0.0291 e. The van der Waals surface area contributed by atoms with Crippen LogP contribution in [-0.2, 0) is 0 Å². The molecule has 0 aromatic rings. The molecule has 0 heterocycles. The topological polar surface area (TPSA) is 0 Å². The van der Waals surface area contributed by atoms with Crippen LogP contribution < -0.4 is 0 Å². The van der Waals surface area contributed by atoms with E-state index >= 15 is 0 Å². The highest BCUT2D eigenvalue weighted by Crippen LogP contribution is 2.14. The zero-order chi connectivity index (χ0) is 16.1. The van der Waals surface area contributed by atoms with E-state index in [9.17, 15) is 0 Å². The van der Waals surface area contributed by atoms with Crippen LogP contribution in [0.3, 0.4) is 0 Å². The van der Waals surface area contributed by atoms with Crippen LogP contribution in [0, 0.1) is 0 Å². The van der Waals surface area contributed by atoms with Crippen molar-refractivity contribution in [3.05, 3.63) is 0 Å². The van der Waals surface area contributed by atoms with Crippen LogP contribution in [0.2, 0.25) is 0 Å². The van der Waals surface area contributed by atoms with E-state index in [0.717, 1.165) is 6.42 Å².